The lowest BCUT2D eigenvalue weighted by Crippen LogP contribution is -2.43. The molecule has 7 heteroatoms. The van der Waals surface area contributed by atoms with E-state index in [-0.39, 0.29) is 5.54 Å². The van der Waals surface area contributed by atoms with Crippen LogP contribution in [0.25, 0.3) is 4.96 Å². The summed E-state index contributed by atoms with van der Waals surface area (Å²) in [6.07, 6.45) is 3.61. The maximum Gasteiger partial charge on any atom is 0.234 e. The second kappa shape index (κ2) is 4.56. The molecular formula is C11H17N5OS. The third kappa shape index (κ3) is 1.92. The molecule has 2 aromatic rings. The molecule has 18 heavy (non-hydrogen) atoms. The highest BCUT2D eigenvalue weighted by Crippen LogP contribution is 2.32. The monoisotopic (exact) mass is 267 g/mol. The van der Waals surface area contributed by atoms with Crippen molar-refractivity contribution in [3.05, 3.63) is 10.8 Å². The number of hydrogen-bond donors (Lipinski definition) is 1. The van der Waals surface area contributed by atoms with Crippen molar-refractivity contribution in [2.75, 3.05) is 13.7 Å². The van der Waals surface area contributed by atoms with Crippen molar-refractivity contribution in [2.24, 2.45) is 0 Å². The van der Waals surface area contributed by atoms with Crippen molar-refractivity contribution in [3.8, 4) is 0 Å². The van der Waals surface area contributed by atoms with E-state index in [0.29, 0.717) is 6.61 Å². The molecule has 0 radical (unpaired) electrons. The summed E-state index contributed by atoms with van der Waals surface area (Å²) in [5, 5.41) is 17.5. The first-order valence-electron chi connectivity index (χ1n) is 6.18. The largest absolute Gasteiger partial charge is 0.377 e. The lowest BCUT2D eigenvalue weighted by atomic mass is 9.92. The third-order valence-corrected chi connectivity index (χ3v) is 4.58. The van der Waals surface area contributed by atoms with Crippen LogP contribution in [0.2, 0.25) is 0 Å². The number of ether oxygens (including phenoxy) is 1. The first-order chi connectivity index (χ1) is 8.73. The molecule has 0 aliphatic carbocycles. The van der Waals surface area contributed by atoms with E-state index in [1.54, 1.807) is 23.0 Å². The first-order valence-corrected chi connectivity index (χ1v) is 7.00. The van der Waals surface area contributed by atoms with Crippen LogP contribution in [0.15, 0.2) is 0 Å². The molecule has 1 fully saturated rings. The number of piperidine rings is 1. The predicted octanol–water partition coefficient (Wildman–Crippen LogP) is 1.32. The van der Waals surface area contributed by atoms with Gasteiger partial charge in [-0.3, -0.25) is 0 Å². The number of aromatic nitrogens is 4. The molecule has 0 bridgehead atoms. The third-order valence-electron chi connectivity index (χ3n) is 3.42. The maximum atomic E-state index is 5.10. The van der Waals surface area contributed by atoms with Gasteiger partial charge in [-0.05, 0) is 32.7 Å². The highest BCUT2D eigenvalue weighted by Gasteiger charge is 2.32. The second-order valence-electron chi connectivity index (χ2n) is 4.87. The van der Waals surface area contributed by atoms with Crippen molar-refractivity contribution < 1.29 is 4.74 Å². The minimum absolute atomic E-state index is 0.0199. The van der Waals surface area contributed by atoms with Gasteiger partial charge >= 0.3 is 0 Å². The zero-order valence-electron chi connectivity index (χ0n) is 10.6. The summed E-state index contributed by atoms with van der Waals surface area (Å²) in [6, 6.07) is 0. The Bertz CT molecular complexity index is 543. The van der Waals surface area contributed by atoms with Crippen LogP contribution >= 0.6 is 11.3 Å². The molecule has 2 aromatic heterocycles. The number of hydrogen-bond acceptors (Lipinski definition) is 6. The van der Waals surface area contributed by atoms with Crippen LogP contribution in [0.3, 0.4) is 0 Å². The number of nitrogens with zero attached hydrogens (tertiary/aromatic N) is 4. The lowest BCUT2D eigenvalue weighted by Gasteiger charge is -2.32. The second-order valence-corrected chi connectivity index (χ2v) is 5.82. The first kappa shape index (κ1) is 12.0. The van der Waals surface area contributed by atoms with Gasteiger partial charge in [0.2, 0.25) is 4.96 Å². The fourth-order valence-electron chi connectivity index (χ4n) is 2.34. The Hall–Kier alpha value is -1.05. The van der Waals surface area contributed by atoms with Crippen molar-refractivity contribution in [1.29, 1.82) is 0 Å². The van der Waals surface area contributed by atoms with Gasteiger partial charge in [0.25, 0.3) is 0 Å². The van der Waals surface area contributed by atoms with E-state index < -0.39 is 0 Å². The molecule has 0 aromatic carbocycles. The Morgan fingerprint density at radius 1 is 1.44 bits per heavy atom. The molecule has 1 aliphatic rings. The molecule has 3 heterocycles. The smallest absolute Gasteiger partial charge is 0.234 e. The fraction of sp³-hybridized carbons (Fsp3) is 0.727. The van der Waals surface area contributed by atoms with Gasteiger partial charge in [-0.25, -0.2) is 0 Å². The summed E-state index contributed by atoms with van der Waals surface area (Å²) >= 11 is 1.61. The Morgan fingerprint density at radius 2 is 2.33 bits per heavy atom. The molecule has 1 unspecified atom stereocenters. The molecule has 1 saturated heterocycles. The minimum atomic E-state index is -0.0199. The predicted molar refractivity (Wildman–Crippen MR) is 68.6 cm³/mol. The average molecular weight is 267 g/mol. The van der Waals surface area contributed by atoms with Crippen LogP contribution in [-0.2, 0) is 16.9 Å². The fourth-order valence-corrected chi connectivity index (χ4v) is 3.35. The van der Waals surface area contributed by atoms with Gasteiger partial charge in [-0.15, -0.1) is 10.2 Å². The molecule has 1 atom stereocenters. The van der Waals surface area contributed by atoms with Crippen LogP contribution in [0.4, 0.5) is 0 Å². The average Bonchev–Trinajstić information content (AvgIpc) is 2.93. The van der Waals surface area contributed by atoms with E-state index in [1.807, 2.05) is 0 Å². The molecule has 0 spiro atoms. The highest BCUT2D eigenvalue weighted by molar-refractivity contribution is 7.16. The van der Waals surface area contributed by atoms with Crippen LogP contribution in [0.1, 0.15) is 37.0 Å². The van der Waals surface area contributed by atoms with Crippen molar-refractivity contribution in [1.82, 2.24) is 25.1 Å². The molecule has 0 saturated carbocycles. The minimum Gasteiger partial charge on any atom is -0.377 e. The molecular weight excluding hydrogens is 250 g/mol. The van der Waals surface area contributed by atoms with Gasteiger partial charge in [0, 0.05) is 7.11 Å². The number of rotatable bonds is 3. The van der Waals surface area contributed by atoms with Gasteiger partial charge in [0.15, 0.2) is 5.82 Å². The van der Waals surface area contributed by atoms with Gasteiger partial charge in [-0.1, -0.05) is 11.3 Å². The molecule has 1 N–H and O–H groups in total. The number of fused-ring (bicyclic) bond motifs is 1. The Morgan fingerprint density at radius 3 is 3.06 bits per heavy atom. The van der Waals surface area contributed by atoms with E-state index in [2.05, 4.69) is 27.5 Å². The van der Waals surface area contributed by atoms with E-state index in [9.17, 15) is 0 Å². The topological polar surface area (TPSA) is 64.3 Å². The summed E-state index contributed by atoms with van der Waals surface area (Å²) in [7, 11) is 1.65. The van der Waals surface area contributed by atoms with Gasteiger partial charge in [0.1, 0.15) is 11.6 Å². The summed E-state index contributed by atoms with van der Waals surface area (Å²) in [4.78, 5) is 0.839. The van der Waals surface area contributed by atoms with E-state index in [0.717, 1.165) is 28.8 Å². The zero-order chi connectivity index (χ0) is 12.6. The standard InChI is InChI=1S/C11H17N5OS/c1-11(5-3-4-6-12-11)9-15-16-8(7-17-2)13-14-10(16)18-9/h12H,3-7H2,1-2H3. The molecule has 6 nitrogen and oxygen atoms in total. The van der Waals surface area contributed by atoms with Crippen molar-refractivity contribution in [2.45, 2.75) is 38.3 Å². The quantitative estimate of drug-likeness (QED) is 0.908. The summed E-state index contributed by atoms with van der Waals surface area (Å²) in [6.45, 7) is 3.71. The normalized spacial score (nSPS) is 24.8. The summed E-state index contributed by atoms with van der Waals surface area (Å²) < 4.78 is 6.90. The van der Waals surface area contributed by atoms with Gasteiger partial charge in [-0.2, -0.15) is 9.61 Å². The molecule has 98 valence electrons. The number of methoxy groups -OCH3 is 1. The van der Waals surface area contributed by atoms with Gasteiger partial charge in [0.05, 0.1) is 5.54 Å². The summed E-state index contributed by atoms with van der Waals surface area (Å²) in [5.74, 6) is 0.759. The van der Waals surface area contributed by atoms with E-state index in [1.165, 1.54) is 12.8 Å². The van der Waals surface area contributed by atoms with Crippen LogP contribution in [0.5, 0.6) is 0 Å². The zero-order valence-corrected chi connectivity index (χ0v) is 11.5. The molecule has 0 amide bonds. The Kier molecular flexibility index (Phi) is 3.04. The molecule has 3 rings (SSSR count). The van der Waals surface area contributed by atoms with Crippen LogP contribution in [0, 0.1) is 0 Å². The van der Waals surface area contributed by atoms with E-state index >= 15 is 0 Å². The highest BCUT2D eigenvalue weighted by atomic mass is 32.1. The Labute approximate surface area is 109 Å². The lowest BCUT2D eigenvalue weighted by molar-refractivity contribution is 0.175. The van der Waals surface area contributed by atoms with E-state index in [4.69, 9.17) is 4.74 Å². The SMILES string of the molecule is COCc1nnc2sc(C3(C)CCCCN3)nn12. The molecule has 1 aliphatic heterocycles. The van der Waals surface area contributed by atoms with Crippen molar-refractivity contribution in [3.63, 3.8) is 0 Å². The van der Waals surface area contributed by atoms with Crippen LogP contribution < -0.4 is 5.32 Å². The summed E-state index contributed by atoms with van der Waals surface area (Å²) in [5.41, 5.74) is -0.0199. The maximum absolute atomic E-state index is 5.10. The number of nitrogens with one attached hydrogen (secondary N) is 1. The van der Waals surface area contributed by atoms with Crippen LogP contribution in [-0.4, -0.2) is 33.5 Å². The van der Waals surface area contributed by atoms with Gasteiger partial charge < -0.3 is 10.1 Å². The Balaban J connectivity index is 1.97. The van der Waals surface area contributed by atoms with Crippen molar-refractivity contribution >= 4 is 16.3 Å².